The van der Waals surface area contributed by atoms with E-state index in [1.807, 2.05) is 4.57 Å². The van der Waals surface area contributed by atoms with Crippen molar-refractivity contribution in [3.05, 3.63) is 29.3 Å². The van der Waals surface area contributed by atoms with Crippen molar-refractivity contribution in [3.63, 3.8) is 0 Å². The molecular weight excluding hydrogens is 249 g/mol. The summed E-state index contributed by atoms with van der Waals surface area (Å²) in [6.07, 6.45) is 0.455. The molecule has 1 amide bonds. The van der Waals surface area contributed by atoms with Gasteiger partial charge in [-0.05, 0) is 31.9 Å². The zero-order valence-electron chi connectivity index (χ0n) is 10.5. The van der Waals surface area contributed by atoms with Crippen molar-refractivity contribution in [3.8, 4) is 0 Å². The first-order valence-corrected chi connectivity index (χ1v) is 6.25. The van der Waals surface area contributed by atoms with Gasteiger partial charge in [0.15, 0.2) is 0 Å². The van der Waals surface area contributed by atoms with E-state index in [-0.39, 0.29) is 5.82 Å². The lowest BCUT2D eigenvalue weighted by Gasteiger charge is -2.19. The molecule has 1 atom stereocenters. The monoisotopic (exact) mass is 263 g/mol. The highest BCUT2D eigenvalue weighted by molar-refractivity contribution is 5.81. The standard InChI is InChI=1S/C13H14FN3O2/c1-7(15-13(18)19)12-16-10-5-4-9(14)8-3-2-6-17(12)11(8)10/h4-5,7,15H,2-3,6H2,1H3,(H,18,19)/t7-/m0/s1. The van der Waals surface area contributed by atoms with Gasteiger partial charge < -0.3 is 15.0 Å². The molecule has 2 N–H and O–H groups in total. The van der Waals surface area contributed by atoms with Crippen LogP contribution in [0, 0.1) is 5.82 Å². The summed E-state index contributed by atoms with van der Waals surface area (Å²) in [7, 11) is 0. The van der Waals surface area contributed by atoms with Crippen LogP contribution < -0.4 is 5.32 Å². The Balaban J connectivity index is 2.18. The Morgan fingerprint density at radius 1 is 1.58 bits per heavy atom. The maximum atomic E-state index is 13.8. The second kappa shape index (κ2) is 4.22. The van der Waals surface area contributed by atoms with Crippen molar-refractivity contribution in [2.75, 3.05) is 0 Å². The number of nitrogens with zero attached hydrogens (tertiary/aromatic N) is 2. The minimum atomic E-state index is -1.09. The minimum Gasteiger partial charge on any atom is -0.465 e. The second-order valence-corrected chi connectivity index (χ2v) is 4.79. The molecule has 0 unspecified atom stereocenters. The van der Waals surface area contributed by atoms with Crippen LogP contribution in [0.4, 0.5) is 9.18 Å². The van der Waals surface area contributed by atoms with E-state index in [0.29, 0.717) is 17.8 Å². The lowest BCUT2D eigenvalue weighted by Crippen LogP contribution is -2.27. The number of amides is 1. The third-order valence-corrected chi connectivity index (χ3v) is 3.52. The van der Waals surface area contributed by atoms with Crippen LogP contribution in [-0.2, 0) is 13.0 Å². The number of aryl methyl sites for hydroxylation is 2. The highest BCUT2D eigenvalue weighted by Gasteiger charge is 2.23. The Labute approximate surface area is 109 Å². The molecule has 1 aliphatic rings. The molecule has 100 valence electrons. The predicted molar refractivity (Wildman–Crippen MR) is 67.6 cm³/mol. The highest BCUT2D eigenvalue weighted by atomic mass is 19.1. The molecule has 0 bridgehead atoms. The summed E-state index contributed by atoms with van der Waals surface area (Å²) < 4.78 is 15.7. The van der Waals surface area contributed by atoms with E-state index < -0.39 is 12.1 Å². The van der Waals surface area contributed by atoms with Crippen molar-refractivity contribution >= 4 is 17.1 Å². The maximum Gasteiger partial charge on any atom is 0.405 e. The summed E-state index contributed by atoms with van der Waals surface area (Å²) in [4.78, 5) is 15.2. The maximum absolute atomic E-state index is 13.8. The number of rotatable bonds is 2. The molecule has 2 heterocycles. The van der Waals surface area contributed by atoms with Crippen LogP contribution in [0.5, 0.6) is 0 Å². The van der Waals surface area contributed by atoms with E-state index in [9.17, 15) is 9.18 Å². The normalized spacial score (nSPS) is 15.5. The number of benzene rings is 1. The van der Waals surface area contributed by atoms with Crippen LogP contribution in [0.2, 0.25) is 0 Å². The Hall–Kier alpha value is -2.11. The third kappa shape index (κ3) is 1.83. The van der Waals surface area contributed by atoms with Gasteiger partial charge in [0.2, 0.25) is 0 Å². The fourth-order valence-electron chi connectivity index (χ4n) is 2.75. The lowest BCUT2D eigenvalue weighted by atomic mass is 10.0. The molecule has 19 heavy (non-hydrogen) atoms. The third-order valence-electron chi connectivity index (χ3n) is 3.52. The summed E-state index contributed by atoms with van der Waals surface area (Å²) in [5, 5.41) is 11.2. The second-order valence-electron chi connectivity index (χ2n) is 4.79. The van der Waals surface area contributed by atoms with Gasteiger partial charge >= 0.3 is 6.09 Å². The van der Waals surface area contributed by atoms with E-state index in [2.05, 4.69) is 10.3 Å². The molecule has 0 spiro atoms. The molecule has 0 aliphatic carbocycles. The first-order chi connectivity index (χ1) is 9.08. The number of carbonyl (C=O) groups is 1. The molecule has 1 aromatic carbocycles. The molecule has 0 saturated carbocycles. The van der Waals surface area contributed by atoms with Gasteiger partial charge in [0.1, 0.15) is 11.6 Å². The minimum absolute atomic E-state index is 0.209. The molecule has 2 aromatic rings. The zero-order chi connectivity index (χ0) is 13.6. The largest absolute Gasteiger partial charge is 0.465 e. The summed E-state index contributed by atoms with van der Waals surface area (Å²) >= 11 is 0. The number of nitrogens with one attached hydrogen (secondary N) is 1. The van der Waals surface area contributed by atoms with Gasteiger partial charge in [-0.3, -0.25) is 0 Å². The van der Waals surface area contributed by atoms with Gasteiger partial charge in [-0.2, -0.15) is 0 Å². The Morgan fingerprint density at radius 2 is 2.37 bits per heavy atom. The van der Waals surface area contributed by atoms with E-state index in [1.54, 1.807) is 13.0 Å². The number of imidazole rings is 1. The summed E-state index contributed by atoms with van der Waals surface area (Å²) in [6, 6.07) is 2.66. The summed E-state index contributed by atoms with van der Waals surface area (Å²) in [6.45, 7) is 2.48. The average Bonchev–Trinajstić information content (AvgIpc) is 2.74. The smallest absolute Gasteiger partial charge is 0.405 e. The predicted octanol–water partition coefficient (Wildman–Crippen LogP) is 2.45. The number of carboxylic acid groups (broad SMARTS) is 1. The lowest BCUT2D eigenvalue weighted by molar-refractivity contribution is 0.190. The van der Waals surface area contributed by atoms with Gasteiger partial charge in [-0.25, -0.2) is 14.2 Å². The Bertz CT molecular complexity index is 665. The van der Waals surface area contributed by atoms with Crippen molar-refractivity contribution in [2.45, 2.75) is 32.4 Å². The molecule has 0 fully saturated rings. The molecule has 6 heteroatoms. The first-order valence-electron chi connectivity index (χ1n) is 6.25. The van der Waals surface area contributed by atoms with Crippen LogP contribution in [0.15, 0.2) is 12.1 Å². The molecule has 3 rings (SSSR count). The number of hydrogen-bond acceptors (Lipinski definition) is 2. The highest BCUT2D eigenvalue weighted by Crippen LogP contribution is 2.30. The first kappa shape index (κ1) is 12.0. The number of halogens is 1. The Morgan fingerprint density at radius 3 is 3.11 bits per heavy atom. The van der Waals surface area contributed by atoms with Gasteiger partial charge in [0.05, 0.1) is 17.1 Å². The summed E-state index contributed by atoms with van der Waals surface area (Å²) in [5.74, 6) is 0.433. The van der Waals surface area contributed by atoms with Crippen molar-refractivity contribution in [1.82, 2.24) is 14.9 Å². The fraction of sp³-hybridized carbons (Fsp3) is 0.385. The summed E-state index contributed by atoms with van der Waals surface area (Å²) in [5.41, 5.74) is 2.22. The zero-order valence-corrected chi connectivity index (χ0v) is 10.5. The van der Waals surface area contributed by atoms with Crippen molar-refractivity contribution in [2.24, 2.45) is 0 Å². The molecule has 0 radical (unpaired) electrons. The van der Waals surface area contributed by atoms with Crippen LogP contribution in [0.3, 0.4) is 0 Å². The van der Waals surface area contributed by atoms with Crippen LogP contribution >= 0.6 is 0 Å². The molecular formula is C13H14FN3O2. The fourth-order valence-corrected chi connectivity index (χ4v) is 2.75. The molecule has 5 nitrogen and oxygen atoms in total. The Kier molecular flexibility index (Phi) is 2.66. The van der Waals surface area contributed by atoms with Crippen molar-refractivity contribution < 1.29 is 14.3 Å². The van der Waals surface area contributed by atoms with E-state index in [4.69, 9.17) is 5.11 Å². The van der Waals surface area contributed by atoms with Crippen molar-refractivity contribution in [1.29, 1.82) is 0 Å². The van der Waals surface area contributed by atoms with Gasteiger partial charge in [0, 0.05) is 12.1 Å². The molecule has 1 aromatic heterocycles. The molecule has 0 saturated heterocycles. The van der Waals surface area contributed by atoms with Crippen LogP contribution in [-0.4, -0.2) is 20.8 Å². The topological polar surface area (TPSA) is 67.2 Å². The number of hydrogen-bond donors (Lipinski definition) is 2. The SMILES string of the molecule is C[C@H](NC(=O)O)c1nc2ccc(F)c3c2n1CCC3. The van der Waals surface area contributed by atoms with E-state index >= 15 is 0 Å². The number of aromatic nitrogens is 2. The average molecular weight is 263 g/mol. The van der Waals surface area contributed by atoms with Gasteiger partial charge in [0.25, 0.3) is 0 Å². The quantitative estimate of drug-likeness (QED) is 0.874. The van der Waals surface area contributed by atoms with E-state index in [0.717, 1.165) is 24.0 Å². The van der Waals surface area contributed by atoms with Gasteiger partial charge in [-0.15, -0.1) is 0 Å². The van der Waals surface area contributed by atoms with Gasteiger partial charge in [-0.1, -0.05) is 0 Å². The van der Waals surface area contributed by atoms with Crippen LogP contribution in [0.1, 0.15) is 30.8 Å². The molecule has 1 aliphatic heterocycles. The van der Waals surface area contributed by atoms with E-state index in [1.165, 1.54) is 6.07 Å². The van der Waals surface area contributed by atoms with Crippen LogP contribution in [0.25, 0.3) is 11.0 Å².